The predicted molar refractivity (Wildman–Crippen MR) is 142 cm³/mol. The molecule has 3 atom stereocenters. The number of halogens is 1. The number of terminal acetylenes is 1. The molecule has 3 aromatic heterocycles. The first-order chi connectivity index (χ1) is 20.6. The molecule has 43 heavy (non-hydrogen) atoms. The van der Waals surface area contributed by atoms with Crippen molar-refractivity contribution in [1.29, 1.82) is 0 Å². The molecule has 3 aliphatic rings. The van der Waals surface area contributed by atoms with E-state index in [-0.39, 0.29) is 46.3 Å². The lowest BCUT2D eigenvalue weighted by Crippen LogP contribution is -2.48. The van der Waals surface area contributed by atoms with Crippen LogP contribution in [-0.4, -0.2) is 50.0 Å². The van der Waals surface area contributed by atoms with Gasteiger partial charge < -0.3 is 33.5 Å². The molecular formula is C28H30FN5O9. The van der Waals surface area contributed by atoms with Crippen molar-refractivity contribution in [3.8, 4) is 12.3 Å². The number of hydrogen-bond acceptors (Lipinski definition) is 13. The summed E-state index contributed by atoms with van der Waals surface area (Å²) in [4.78, 5) is 48.5. The second kappa shape index (κ2) is 11.0. The van der Waals surface area contributed by atoms with E-state index in [2.05, 4.69) is 20.9 Å². The van der Waals surface area contributed by atoms with E-state index in [0.717, 1.165) is 25.7 Å². The molecule has 1 aliphatic heterocycles. The molecule has 6 rings (SSSR count). The van der Waals surface area contributed by atoms with E-state index in [4.69, 9.17) is 39.9 Å². The maximum absolute atomic E-state index is 14.0. The van der Waals surface area contributed by atoms with Crippen LogP contribution in [0.5, 0.6) is 0 Å². The van der Waals surface area contributed by atoms with Crippen LogP contribution in [0.25, 0.3) is 11.2 Å². The van der Waals surface area contributed by atoms with Gasteiger partial charge in [0, 0.05) is 6.42 Å². The van der Waals surface area contributed by atoms with Crippen LogP contribution in [0.2, 0.25) is 0 Å². The van der Waals surface area contributed by atoms with Crippen LogP contribution >= 0.6 is 0 Å². The molecule has 228 valence electrons. The van der Waals surface area contributed by atoms with E-state index < -0.39 is 55.2 Å². The van der Waals surface area contributed by atoms with Crippen LogP contribution in [0.4, 0.5) is 15.0 Å². The molecule has 2 saturated carbocycles. The highest BCUT2D eigenvalue weighted by Crippen LogP contribution is 2.55. The number of nitrogen functional groups attached to an aromatic ring is 1. The Morgan fingerprint density at radius 2 is 1.98 bits per heavy atom. The molecule has 4 heterocycles. The zero-order chi connectivity index (χ0) is 30.4. The van der Waals surface area contributed by atoms with Crippen molar-refractivity contribution in [2.24, 2.45) is 11.3 Å². The van der Waals surface area contributed by atoms with Crippen molar-refractivity contribution in [3.63, 3.8) is 0 Å². The first-order valence-corrected chi connectivity index (χ1v) is 14.0. The minimum atomic E-state index is -1.74. The zero-order valence-electron chi connectivity index (χ0n) is 23.4. The normalized spacial score (nSPS) is 24.9. The number of carbonyl (C=O) groups excluding carboxylic acids is 2. The molecule has 15 heteroatoms. The minimum absolute atomic E-state index is 0.0000575. The Kier molecular flexibility index (Phi) is 7.33. The van der Waals surface area contributed by atoms with Gasteiger partial charge in [0.15, 0.2) is 41.2 Å². The molecule has 0 amide bonds. The molecule has 0 unspecified atom stereocenters. The van der Waals surface area contributed by atoms with Crippen LogP contribution < -0.4 is 11.6 Å². The molecule has 2 aliphatic carbocycles. The summed E-state index contributed by atoms with van der Waals surface area (Å²) in [6.45, 7) is 0.597. The van der Waals surface area contributed by atoms with Gasteiger partial charge in [-0.1, -0.05) is 25.2 Å². The number of nitrogens with two attached hydrogens (primary N) is 1. The van der Waals surface area contributed by atoms with E-state index in [1.165, 1.54) is 37.1 Å². The summed E-state index contributed by atoms with van der Waals surface area (Å²) in [5.41, 5.74) is 4.43. The molecule has 14 nitrogen and oxygen atoms in total. The van der Waals surface area contributed by atoms with Crippen molar-refractivity contribution >= 4 is 29.1 Å². The quantitative estimate of drug-likeness (QED) is 0.237. The number of imidazole rings is 1. The van der Waals surface area contributed by atoms with Gasteiger partial charge in [-0.05, 0) is 38.0 Å². The van der Waals surface area contributed by atoms with Crippen molar-refractivity contribution in [2.45, 2.75) is 82.8 Å². The standard InChI is InChI=1S/C28H30FN5O9/c1-3-28(13-39-23(35)16-10-27(11-16)7-5-4-6-8-27)18(42-25(36)38-12-17-15(2)40-26(37)41-17)9-19(43-28)34-14-31-20-21(30)32-24(29)33-22(20)34/h1,14,16,18-19H,4-13H2,2H3,(H2,30,32,33)/t18-,19+,28+/m0/s1. The number of carbonyl (C=O) groups is 2. The monoisotopic (exact) mass is 599 g/mol. The van der Waals surface area contributed by atoms with E-state index >= 15 is 0 Å². The minimum Gasteiger partial charge on any atom is -0.461 e. The molecule has 3 aromatic rings. The van der Waals surface area contributed by atoms with Crippen LogP contribution in [0.1, 0.15) is 69.1 Å². The highest BCUT2D eigenvalue weighted by atomic mass is 19.1. The Bertz CT molecular complexity index is 1640. The summed E-state index contributed by atoms with van der Waals surface area (Å²) in [5, 5.41) is 0. The molecule has 3 fully saturated rings. The average molecular weight is 600 g/mol. The lowest BCUT2D eigenvalue weighted by atomic mass is 9.56. The SMILES string of the molecule is C#C[C@]1(COC(=O)C2CC3(CCCCC3)C2)O[C@@H](n2cnc3c(N)nc(F)nc32)C[C@@H]1OC(=O)OCc1oc(=O)oc1C. The zero-order valence-corrected chi connectivity index (χ0v) is 23.4. The lowest BCUT2D eigenvalue weighted by molar-refractivity contribution is -0.170. The predicted octanol–water partition coefficient (Wildman–Crippen LogP) is 3.32. The Balaban J connectivity index is 1.19. The van der Waals surface area contributed by atoms with Gasteiger partial charge in [0.25, 0.3) is 0 Å². The Morgan fingerprint density at radius 3 is 2.67 bits per heavy atom. The van der Waals surface area contributed by atoms with Gasteiger partial charge in [-0.25, -0.2) is 14.6 Å². The maximum atomic E-state index is 14.0. The fourth-order valence-electron chi connectivity index (χ4n) is 6.41. The van der Waals surface area contributed by atoms with Gasteiger partial charge in [0.2, 0.25) is 5.60 Å². The molecule has 0 bridgehead atoms. The number of aryl methyl sites for hydroxylation is 1. The van der Waals surface area contributed by atoms with Crippen molar-refractivity contribution in [3.05, 3.63) is 34.5 Å². The summed E-state index contributed by atoms with van der Waals surface area (Å²) >= 11 is 0. The summed E-state index contributed by atoms with van der Waals surface area (Å²) in [5.74, 6) is 0.863. The first-order valence-electron chi connectivity index (χ1n) is 14.0. The van der Waals surface area contributed by atoms with Crippen LogP contribution in [0, 0.1) is 36.7 Å². The lowest BCUT2D eigenvalue weighted by Gasteiger charge is -2.49. The van der Waals surface area contributed by atoms with Gasteiger partial charge in [-0.3, -0.25) is 9.36 Å². The number of esters is 1. The molecule has 0 aromatic carbocycles. The van der Waals surface area contributed by atoms with Crippen molar-refractivity contribution < 1.29 is 41.8 Å². The number of hydrogen-bond donors (Lipinski definition) is 1. The molecule has 1 spiro atoms. The van der Waals surface area contributed by atoms with Crippen molar-refractivity contribution in [2.75, 3.05) is 12.3 Å². The second-order valence-electron chi connectivity index (χ2n) is 11.4. The number of nitrogens with zero attached hydrogens (tertiary/aromatic N) is 4. The maximum Gasteiger partial charge on any atom is 0.519 e. The topological polar surface area (TPSA) is 184 Å². The van der Waals surface area contributed by atoms with Gasteiger partial charge in [-0.15, -0.1) is 6.42 Å². The number of anilines is 1. The third kappa shape index (κ3) is 5.42. The Hall–Kier alpha value is -4.45. The summed E-state index contributed by atoms with van der Waals surface area (Å²) in [6, 6.07) is 0. The van der Waals surface area contributed by atoms with Gasteiger partial charge >= 0.3 is 24.0 Å². The van der Waals surface area contributed by atoms with Crippen LogP contribution in [0.15, 0.2) is 20.0 Å². The van der Waals surface area contributed by atoms with E-state index in [1.807, 2.05) is 0 Å². The molecule has 2 N–H and O–H groups in total. The molecule has 0 radical (unpaired) electrons. The number of fused-ring (bicyclic) bond motifs is 1. The Morgan fingerprint density at radius 1 is 1.21 bits per heavy atom. The number of ether oxygens (including phenoxy) is 4. The second-order valence-corrected chi connectivity index (χ2v) is 11.4. The van der Waals surface area contributed by atoms with Gasteiger partial charge in [-0.2, -0.15) is 14.4 Å². The summed E-state index contributed by atoms with van der Waals surface area (Å²) in [7, 11) is 0. The van der Waals surface area contributed by atoms with Crippen molar-refractivity contribution in [1.82, 2.24) is 19.5 Å². The van der Waals surface area contributed by atoms with Gasteiger partial charge in [0.05, 0.1) is 12.2 Å². The first kappa shape index (κ1) is 28.7. The number of aromatic nitrogens is 4. The van der Waals surface area contributed by atoms with E-state index in [1.54, 1.807) is 0 Å². The van der Waals surface area contributed by atoms with Gasteiger partial charge in [0.1, 0.15) is 12.8 Å². The summed E-state index contributed by atoms with van der Waals surface area (Å²) < 4.78 is 47.5. The fraction of sp³-hybridized carbons (Fsp3) is 0.571. The third-order valence-electron chi connectivity index (χ3n) is 8.69. The average Bonchev–Trinajstić information content (AvgIpc) is 3.64. The summed E-state index contributed by atoms with van der Waals surface area (Å²) in [6.07, 6.45) is 10.1. The molecule has 1 saturated heterocycles. The van der Waals surface area contributed by atoms with E-state index in [0.29, 0.717) is 0 Å². The largest absolute Gasteiger partial charge is 0.519 e. The Labute approximate surface area is 244 Å². The molecular weight excluding hydrogens is 569 g/mol. The van der Waals surface area contributed by atoms with Crippen LogP contribution in [-0.2, 0) is 30.3 Å². The fourth-order valence-corrected chi connectivity index (χ4v) is 6.41. The smallest absolute Gasteiger partial charge is 0.461 e. The van der Waals surface area contributed by atoms with Crippen LogP contribution in [0.3, 0.4) is 0 Å². The highest BCUT2D eigenvalue weighted by molar-refractivity contribution is 5.81. The van der Waals surface area contributed by atoms with E-state index in [9.17, 15) is 18.8 Å². The number of rotatable bonds is 7. The third-order valence-corrected chi connectivity index (χ3v) is 8.69. The highest BCUT2D eigenvalue weighted by Gasteiger charge is 2.54.